The summed E-state index contributed by atoms with van der Waals surface area (Å²) in [5.41, 5.74) is 3.59. The summed E-state index contributed by atoms with van der Waals surface area (Å²) >= 11 is 0. The van der Waals surface area contributed by atoms with Crippen LogP contribution < -0.4 is 10.5 Å². The third-order valence-corrected chi connectivity index (χ3v) is 4.93. The molecule has 0 radical (unpaired) electrons. The van der Waals surface area contributed by atoms with Crippen molar-refractivity contribution >= 4 is 11.3 Å². The Morgan fingerprint density at radius 2 is 2.31 bits per heavy atom. The molecule has 1 unspecified atom stereocenters. The van der Waals surface area contributed by atoms with E-state index in [9.17, 15) is 15.2 Å². The van der Waals surface area contributed by atoms with Crippen molar-refractivity contribution in [1.29, 1.82) is 5.26 Å². The fourth-order valence-corrected chi connectivity index (χ4v) is 3.60. The summed E-state index contributed by atoms with van der Waals surface area (Å²) in [4.78, 5) is 18.0. The second-order valence-corrected chi connectivity index (χ2v) is 6.43. The standard InChI is InChI=1S/C19H19N5O2/c1-2-15-17(22-18-13(10-20)11-21-24(18)19(15)26)12-5-3-6-14(9-12)23-8-4-7-16(23)25/h3,5-6,9,11,16,22,25H,2,4,7-8H2,1H3. The van der Waals surface area contributed by atoms with Crippen molar-refractivity contribution in [2.45, 2.75) is 32.4 Å². The Labute approximate surface area is 150 Å². The molecule has 0 saturated carbocycles. The first-order chi connectivity index (χ1) is 12.6. The number of hydrogen-bond donors (Lipinski definition) is 2. The number of nitrogens with one attached hydrogen (secondary N) is 1. The van der Waals surface area contributed by atoms with Crippen molar-refractivity contribution < 1.29 is 5.11 Å². The van der Waals surface area contributed by atoms with Crippen molar-refractivity contribution in [3.8, 4) is 17.3 Å². The van der Waals surface area contributed by atoms with Gasteiger partial charge >= 0.3 is 0 Å². The van der Waals surface area contributed by atoms with Crippen LogP contribution >= 0.6 is 0 Å². The smallest absolute Gasteiger partial charge is 0.278 e. The molecule has 1 fully saturated rings. The van der Waals surface area contributed by atoms with Crippen LogP contribution in [0, 0.1) is 11.3 Å². The molecule has 0 amide bonds. The quantitative estimate of drug-likeness (QED) is 0.754. The maximum Gasteiger partial charge on any atom is 0.278 e. The molecule has 3 aromatic rings. The Morgan fingerprint density at radius 3 is 3.00 bits per heavy atom. The van der Waals surface area contributed by atoms with Crippen LogP contribution in [0.3, 0.4) is 0 Å². The summed E-state index contributed by atoms with van der Waals surface area (Å²) in [6, 6.07) is 9.83. The summed E-state index contributed by atoms with van der Waals surface area (Å²) < 4.78 is 1.25. The lowest BCUT2D eigenvalue weighted by atomic mass is 10.0. The Kier molecular flexibility index (Phi) is 3.98. The highest BCUT2D eigenvalue weighted by Gasteiger charge is 2.23. The van der Waals surface area contributed by atoms with E-state index in [1.165, 1.54) is 10.7 Å². The molecule has 1 aromatic carbocycles. The average Bonchev–Trinajstić information content (AvgIpc) is 3.27. The maximum atomic E-state index is 12.8. The van der Waals surface area contributed by atoms with Gasteiger partial charge in [-0.1, -0.05) is 19.1 Å². The minimum atomic E-state index is -0.475. The molecule has 7 heteroatoms. The van der Waals surface area contributed by atoms with Gasteiger partial charge in [0.1, 0.15) is 17.9 Å². The van der Waals surface area contributed by atoms with Gasteiger partial charge < -0.3 is 15.0 Å². The molecule has 2 aromatic heterocycles. The van der Waals surface area contributed by atoms with E-state index in [1.807, 2.05) is 36.1 Å². The van der Waals surface area contributed by atoms with E-state index in [0.29, 0.717) is 28.9 Å². The summed E-state index contributed by atoms with van der Waals surface area (Å²) in [5.74, 6) is 0. The van der Waals surface area contributed by atoms with E-state index < -0.39 is 6.23 Å². The maximum absolute atomic E-state index is 12.8. The van der Waals surface area contributed by atoms with Crippen LogP contribution in [0.4, 0.5) is 5.69 Å². The predicted molar refractivity (Wildman–Crippen MR) is 97.9 cm³/mol. The lowest BCUT2D eigenvalue weighted by molar-refractivity contribution is 0.186. The van der Waals surface area contributed by atoms with Gasteiger partial charge in [-0.3, -0.25) is 4.79 Å². The highest BCUT2D eigenvalue weighted by atomic mass is 16.3. The molecule has 4 rings (SSSR count). The van der Waals surface area contributed by atoms with Crippen LogP contribution in [0.2, 0.25) is 0 Å². The number of benzene rings is 1. The molecule has 0 spiro atoms. The van der Waals surface area contributed by atoms with Gasteiger partial charge in [0.05, 0.1) is 11.9 Å². The first kappa shape index (κ1) is 16.4. The van der Waals surface area contributed by atoms with Crippen molar-refractivity contribution in [3.63, 3.8) is 0 Å². The molecule has 26 heavy (non-hydrogen) atoms. The summed E-state index contributed by atoms with van der Waals surface area (Å²) in [5, 5.41) is 23.4. The Bertz CT molecular complexity index is 1080. The molecule has 2 N–H and O–H groups in total. The van der Waals surface area contributed by atoms with Gasteiger partial charge in [-0.15, -0.1) is 0 Å². The number of aliphatic hydroxyl groups is 1. The molecule has 3 heterocycles. The number of aromatic amines is 1. The summed E-state index contributed by atoms with van der Waals surface area (Å²) in [6.07, 6.45) is 3.17. The Hall–Kier alpha value is -3.11. The number of hydrogen-bond acceptors (Lipinski definition) is 5. The van der Waals surface area contributed by atoms with E-state index in [2.05, 4.69) is 16.2 Å². The summed E-state index contributed by atoms with van der Waals surface area (Å²) in [7, 11) is 0. The third-order valence-electron chi connectivity index (χ3n) is 4.93. The topological polar surface area (TPSA) is 97.4 Å². The zero-order valence-corrected chi connectivity index (χ0v) is 14.4. The van der Waals surface area contributed by atoms with E-state index in [0.717, 1.165) is 30.6 Å². The molecule has 1 saturated heterocycles. The van der Waals surface area contributed by atoms with Gasteiger partial charge in [0.25, 0.3) is 5.56 Å². The van der Waals surface area contributed by atoms with E-state index in [-0.39, 0.29) is 5.56 Å². The second-order valence-electron chi connectivity index (χ2n) is 6.43. The predicted octanol–water partition coefficient (Wildman–Crippen LogP) is 2.04. The van der Waals surface area contributed by atoms with Crippen LogP contribution in [-0.4, -0.2) is 32.5 Å². The van der Waals surface area contributed by atoms with Crippen LogP contribution in [0.1, 0.15) is 30.9 Å². The highest BCUT2D eigenvalue weighted by molar-refractivity contribution is 5.71. The van der Waals surface area contributed by atoms with Crippen LogP contribution in [0.5, 0.6) is 0 Å². The van der Waals surface area contributed by atoms with E-state index >= 15 is 0 Å². The zero-order chi connectivity index (χ0) is 18.3. The van der Waals surface area contributed by atoms with Crippen molar-refractivity contribution in [2.75, 3.05) is 11.4 Å². The molecule has 1 aliphatic heterocycles. The minimum absolute atomic E-state index is 0.218. The SMILES string of the molecule is CCc1c(-c2cccc(N3CCCC3O)c2)[nH]c2c(C#N)cnn2c1=O. The normalized spacial score (nSPS) is 17.0. The van der Waals surface area contributed by atoms with Crippen molar-refractivity contribution in [1.82, 2.24) is 14.6 Å². The van der Waals surface area contributed by atoms with Crippen LogP contribution in [0.15, 0.2) is 35.3 Å². The fourth-order valence-electron chi connectivity index (χ4n) is 3.60. The molecule has 0 aliphatic carbocycles. The number of H-pyrrole nitrogens is 1. The monoisotopic (exact) mass is 349 g/mol. The van der Waals surface area contributed by atoms with Gasteiger partial charge in [0.2, 0.25) is 0 Å². The van der Waals surface area contributed by atoms with Gasteiger partial charge in [-0.05, 0) is 31.4 Å². The number of nitrogens with zero attached hydrogens (tertiary/aromatic N) is 4. The largest absolute Gasteiger partial charge is 0.374 e. The minimum Gasteiger partial charge on any atom is -0.374 e. The van der Waals surface area contributed by atoms with E-state index in [4.69, 9.17) is 0 Å². The van der Waals surface area contributed by atoms with E-state index in [1.54, 1.807) is 0 Å². The fraction of sp³-hybridized carbons (Fsp3) is 0.316. The van der Waals surface area contributed by atoms with Gasteiger partial charge in [-0.25, -0.2) is 0 Å². The van der Waals surface area contributed by atoms with Crippen LogP contribution in [0.25, 0.3) is 16.9 Å². The molecular weight excluding hydrogens is 330 g/mol. The molecule has 132 valence electrons. The number of anilines is 1. The molecule has 0 bridgehead atoms. The van der Waals surface area contributed by atoms with Crippen molar-refractivity contribution in [2.24, 2.45) is 0 Å². The third kappa shape index (κ3) is 2.47. The summed E-state index contributed by atoms with van der Waals surface area (Å²) in [6.45, 7) is 2.73. The van der Waals surface area contributed by atoms with Gasteiger partial charge in [0.15, 0.2) is 5.65 Å². The average molecular weight is 349 g/mol. The number of aromatic nitrogens is 3. The first-order valence-corrected chi connectivity index (χ1v) is 8.72. The number of fused-ring (bicyclic) bond motifs is 1. The highest BCUT2D eigenvalue weighted by Crippen LogP contribution is 2.29. The number of aliphatic hydroxyl groups excluding tert-OH is 1. The number of rotatable bonds is 3. The van der Waals surface area contributed by atoms with Crippen LogP contribution in [-0.2, 0) is 6.42 Å². The number of nitriles is 1. The molecule has 1 atom stereocenters. The molecule has 7 nitrogen and oxygen atoms in total. The second kappa shape index (κ2) is 6.32. The zero-order valence-electron chi connectivity index (χ0n) is 14.4. The lowest BCUT2D eigenvalue weighted by Gasteiger charge is -2.23. The Balaban J connectivity index is 1.91. The first-order valence-electron chi connectivity index (χ1n) is 8.72. The van der Waals surface area contributed by atoms with Crippen molar-refractivity contribution in [3.05, 3.63) is 51.9 Å². The van der Waals surface area contributed by atoms with Gasteiger partial charge in [-0.2, -0.15) is 14.9 Å². The lowest BCUT2D eigenvalue weighted by Crippen LogP contribution is -2.28. The van der Waals surface area contributed by atoms with Gasteiger partial charge in [0, 0.05) is 23.4 Å². The Morgan fingerprint density at radius 1 is 1.46 bits per heavy atom. The molecular formula is C19H19N5O2. The molecule has 1 aliphatic rings.